The molecule has 0 atom stereocenters. The minimum Gasteiger partial charge on any atom is -0.473 e. The zero-order chi connectivity index (χ0) is 19.9. The first-order valence-electron chi connectivity index (χ1n) is 9.75. The Bertz CT molecular complexity index is 855. The van der Waals surface area contributed by atoms with E-state index < -0.39 is 0 Å². The van der Waals surface area contributed by atoms with Crippen molar-refractivity contribution in [2.45, 2.75) is 57.7 Å². The van der Waals surface area contributed by atoms with Crippen LogP contribution in [0, 0.1) is 0 Å². The third-order valence-corrected chi connectivity index (χ3v) is 6.12. The van der Waals surface area contributed by atoms with Crippen molar-refractivity contribution < 1.29 is 4.74 Å². The van der Waals surface area contributed by atoms with Gasteiger partial charge in [0.25, 0.3) is 0 Å². The lowest BCUT2D eigenvalue weighted by Crippen LogP contribution is -2.60. The standard InChI is InChI=1S/C21H29N5OS/c1-20(2)9-16(10-21(3,4)25-20)27-19-7-6-17(23-24-19)18-8-14(13-28-18)15-11-22-26(5)12-15/h6-8,12-13,16,22,25H,9-11H2,1-5H3. The average molecular weight is 400 g/mol. The molecule has 0 aliphatic carbocycles. The van der Waals surface area contributed by atoms with Crippen molar-refractivity contribution in [3.63, 3.8) is 0 Å². The zero-order valence-corrected chi connectivity index (χ0v) is 18.1. The van der Waals surface area contributed by atoms with E-state index in [2.05, 4.69) is 66.3 Å². The van der Waals surface area contributed by atoms with E-state index in [1.54, 1.807) is 11.3 Å². The lowest BCUT2D eigenvalue weighted by molar-refractivity contribution is 0.0524. The first-order valence-corrected chi connectivity index (χ1v) is 10.6. The normalized spacial score (nSPS) is 21.6. The second-order valence-electron chi connectivity index (χ2n) is 9.10. The Kier molecular flexibility index (Phi) is 4.93. The summed E-state index contributed by atoms with van der Waals surface area (Å²) in [5.74, 6) is 0.600. The van der Waals surface area contributed by atoms with Crippen molar-refractivity contribution in [1.82, 2.24) is 25.9 Å². The molecule has 4 heterocycles. The molecule has 28 heavy (non-hydrogen) atoms. The molecule has 0 bridgehead atoms. The van der Waals surface area contributed by atoms with Crippen molar-refractivity contribution in [2.24, 2.45) is 0 Å². The molecular formula is C21H29N5OS. The van der Waals surface area contributed by atoms with Gasteiger partial charge in [0.15, 0.2) is 0 Å². The highest BCUT2D eigenvalue weighted by Gasteiger charge is 2.38. The molecule has 150 valence electrons. The maximum atomic E-state index is 6.18. The van der Waals surface area contributed by atoms with Gasteiger partial charge in [-0.15, -0.1) is 21.5 Å². The van der Waals surface area contributed by atoms with Gasteiger partial charge in [-0.3, -0.25) is 0 Å². The molecule has 0 aromatic carbocycles. The van der Waals surface area contributed by atoms with Crippen LogP contribution in [0.3, 0.4) is 0 Å². The third kappa shape index (κ3) is 4.37. The largest absolute Gasteiger partial charge is 0.473 e. The first kappa shape index (κ1) is 19.4. The van der Waals surface area contributed by atoms with E-state index in [-0.39, 0.29) is 17.2 Å². The summed E-state index contributed by atoms with van der Waals surface area (Å²) in [6.45, 7) is 9.75. The highest BCUT2D eigenvalue weighted by Crippen LogP contribution is 2.32. The number of rotatable bonds is 4. The molecule has 2 aromatic heterocycles. The summed E-state index contributed by atoms with van der Waals surface area (Å²) in [5.41, 5.74) is 6.77. The predicted molar refractivity (Wildman–Crippen MR) is 114 cm³/mol. The highest BCUT2D eigenvalue weighted by molar-refractivity contribution is 7.13. The molecule has 1 saturated heterocycles. The van der Waals surface area contributed by atoms with Crippen LogP contribution in [0.1, 0.15) is 46.1 Å². The summed E-state index contributed by atoms with van der Waals surface area (Å²) in [6, 6.07) is 6.12. The Hall–Kier alpha value is -1.96. The summed E-state index contributed by atoms with van der Waals surface area (Å²) < 4.78 is 6.18. The molecule has 0 radical (unpaired) electrons. The van der Waals surface area contributed by atoms with E-state index in [9.17, 15) is 0 Å². The van der Waals surface area contributed by atoms with Gasteiger partial charge >= 0.3 is 0 Å². The molecule has 2 aliphatic rings. The summed E-state index contributed by atoms with van der Waals surface area (Å²) in [7, 11) is 2.01. The number of thiophene rings is 1. The highest BCUT2D eigenvalue weighted by atomic mass is 32.1. The number of ether oxygens (including phenoxy) is 1. The first-order chi connectivity index (χ1) is 13.2. The molecule has 2 aromatic rings. The second-order valence-corrected chi connectivity index (χ2v) is 10.0. The van der Waals surface area contributed by atoms with E-state index in [1.807, 2.05) is 24.2 Å². The van der Waals surface area contributed by atoms with Crippen LogP contribution in [-0.4, -0.2) is 46.0 Å². The van der Waals surface area contributed by atoms with Crippen LogP contribution in [0.15, 0.2) is 29.8 Å². The van der Waals surface area contributed by atoms with Crippen LogP contribution in [0.2, 0.25) is 0 Å². The maximum absolute atomic E-state index is 6.18. The van der Waals surface area contributed by atoms with E-state index >= 15 is 0 Å². The van der Waals surface area contributed by atoms with Crippen LogP contribution in [-0.2, 0) is 0 Å². The molecule has 2 aliphatic heterocycles. The molecule has 0 unspecified atom stereocenters. The summed E-state index contributed by atoms with van der Waals surface area (Å²) in [6.07, 6.45) is 4.16. The third-order valence-electron chi connectivity index (χ3n) is 5.17. The summed E-state index contributed by atoms with van der Waals surface area (Å²) in [5, 5.41) is 16.6. The van der Waals surface area contributed by atoms with Gasteiger partial charge in [-0.05, 0) is 56.3 Å². The van der Waals surface area contributed by atoms with Crippen molar-refractivity contribution in [3.8, 4) is 16.5 Å². The summed E-state index contributed by atoms with van der Waals surface area (Å²) in [4.78, 5) is 1.12. The number of hydrazine groups is 1. The zero-order valence-electron chi connectivity index (χ0n) is 17.2. The summed E-state index contributed by atoms with van der Waals surface area (Å²) >= 11 is 1.69. The number of aromatic nitrogens is 2. The fraction of sp³-hybridized carbons (Fsp3) is 0.524. The lowest BCUT2D eigenvalue weighted by Gasteiger charge is -2.46. The Balaban J connectivity index is 1.45. The van der Waals surface area contributed by atoms with E-state index in [0.717, 1.165) is 30.0 Å². The van der Waals surface area contributed by atoms with Gasteiger partial charge in [-0.1, -0.05) is 0 Å². The monoisotopic (exact) mass is 399 g/mol. The predicted octanol–water partition coefficient (Wildman–Crippen LogP) is 3.68. The van der Waals surface area contributed by atoms with Crippen molar-refractivity contribution in [3.05, 3.63) is 35.3 Å². The van der Waals surface area contributed by atoms with Gasteiger partial charge in [0.1, 0.15) is 11.8 Å². The minimum atomic E-state index is 0.0466. The van der Waals surface area contributed by atoms with Gasteiger partial charge in [-0.2, -0.15) is 0 Å². The molecule has 6 nitrogen and oxygen atoms in total. The van der Waals surface area contributed by atoms with Gasteiger partial charge in [-0.25, -0.2) is 5.43 Å². The molecule has 2 N–H and O–H groups in total. The fourth-order valence-electron chi connectivity index (χ4n) is 4.35. The molecule has 0 amide bonds. The topological polar surface area (TPSA) is 62.3 Å². The maximum Gasteiger partial charge on any atom is 0.233 e. The number of hydrogen-bond acceptors (Lipinski definition) is 7. The molecule has 0 spiro atoms. The van der Waals surface area contributed by atoms with Crippen molar-refractivity contribution in [2.75, 3.05) is 13.6 Å². The minimum absolute atomic E-state index is 0.0466. The second kappa shape index (κ2) is 7.13. The van der Waals surface area contributed by atoms with Gasteiger partial charge in [0, 0.05) is 49.8 Å². The number of nitrogens with one attached hydrogen (secondary N) is 2. The number of hydrogen-bond donors (Lipinski definition) is 2. The smallest absolute Gasteiger partial charge is 0.233 e. The van der Waals surface area contributed by atoms with Gasteiger partial charge < -0.3 is 15.1 Å². The van der Waals surface area contributed by atoms with Crippen LogP contribution >= 0.6 is 11.3 Å². The van der Waals surface area contributed by atoms with Crippen molar-refractivity contribution in [1.29, 1.82) is 0 Å². The average Bonchev–Trinajstić information content (AvgIpc) is 3.21. The quantitative estimate of drug-likeness (QED) is 0.818. The molecule has 4 rings (SSSR count). The van der Waals surface area contributed by atoms with E-state index in [4.69, 9.17) is 4.74 Å². The number of piperidine rings is 1. The fourth-order valence-corrected chi connectivity index (χ4v) is 5.25. The molecule has 1 fully saturated rings. The van der Waals surface area contributed by atoms with Crippen LogP contribution < -0.4 is 15.5 Å². The molecule has 7 heteroatoms. The van der Waals surface area contributed by atoms with Crippen LogP contribution in [0.25, 0.3) is 16.1 Å². The van der Waals surface area contributed by atoms with Crippen LogP contribution in [0.4, 0.5) is 0 Å². The van der Waals surface area contributed by atoms with E-state index in [1.165, 1.54) is 11.1 Å². The van der Waals surface area contributed by atoms with E-state index in [0.29, 0.717) is 5.88 Å². The lowest BCUT2D eigenvalue weighted by atomic mass is 9.81. The van der Waals surface area contributed by atoms with Gasteiger partial charge in [0.2, 0.25) is 5.88 Å². The van der Waals surface area contributed by atoms with Crippen LogP contribution in [0.5, 0.6) is 5.88 Å². The SMILES string of the molecule is CN1C=C(c2csc(-c3ccc(OC4CC(C)(C)NC(C)(C)C4)nn3)c2)CN1. The van der Waals surface area contributed by atoms with Crippen molar-refractivity contribution >= 4 is 16.9 Å². The number of nitrogens with zero attached hydrogens (tertiary/aromatic N) is 3. The Labute approximate surface area is 171 Å². The Morgan fingerprint density at radius 3 is 2.50 bits per heavy atom. The molecule has 0 saturated carbocycles. The Morgan fingerprint density at radius 2 is 1.89 bits per heavy atom. The van der Waals surface area contributed by atoms with Gasteiger partial charge in [0.05, 0.1) is 4.88 Å². The Morgan fingerprint density at radius 1 is 1.14 bits per heavy atom. The molecular weight excluding hydrogens is 370 g/mol.